The first-order valence-corrected chi connectivity index (χ1v) is 10.4. The molecule has 2 aliphatic rings. The monoisotopic (exact) mass is 412 g/mol. The van der Waals surface area contributed by atoms with Gasteiger partial charge in [-0.3, -0.25) is 0 Å². The molecule has 0 aromatic heterocycles. The molecular formula is C21H27BrF2O. The van der Waals surface area contributed by atoms with Gasteiger partial charge in [-0.25, -0.2) is 0 Å². The van der Waals surface area contributed by atoms with E-state index in [1.54, 1.807) is 12.1 Å². The first-order valence-electron chi connectivity index (χ1n) is 9.47. The predicted molar refractivity (Wildman–Crippen MR) is 101 cm³/mol. The summed E-state index contributed by atoms with van der Waals surface area (Å²) >= 11 is 3.40. The van der Waals surface area contributed by atoms with Gasteiger partial charge in [-0.15, -0.1) is 0 Å². The van der Waals surface area contributed by atoms with E-state index in [1.165, 1.54) is 56.9 Å². The molecule has 25 heavy (non-hydrogen) atoms. The molecule has 4 heteroatoms. The molecule has 0 radical (unpaired) electrons. The molecular weight excluding hydrogens is 386 g/mol. The van der Waals surface area contributed by atoms with Crippen molar-refractivity contribution in [1.29, 1.82) is 0 Å². The zero-order valence-corrected chi connectivity index (χ0v) is 16.1. The summed E-state index contributed by atoms with van der Waals surface area (Å²) in [4.78, 5) is 2.01. The number of benzene rings is 1. The number of rotatable bonds is 5. The highest BCUT2D eigenvalue weighted by molar-refractivity contribution is 9.11. The molecule has 0 N–H and O–H groups in total. The van der Waals surface area contributed by atoms with Gasteiger partial charge < -0.3 is 4.74 Å². The van der Waals surface area contributed by atoms with Gasteiger partial charge >= 0.3 is 6.61 Å². The molecule has 3 rings (SSSR count). The average Bonchev–Trinajstić information content (AvgIpc) is 2.63. The van der Waals surface area contributed by atoms with Gasteiger partial charge in [-0.1, -0.05) is 34.1 Å². The third-order valence-electron chi connectivity index (χ3n) is 6.18. The van der Waals surface area contributed by atoms with Crippen LogP contribution in [-0.2, 0) is 0 Å². The fourth-order valence-corrected chi connectivity index (χ4v) is 5.19. The fourth-order valence-electron chi connectivity index (χ4n) is 4.76. The normalized spacial score (nSPS) is 30.7. The van der Waals surface area contributed by atoms with Gasteiger partial charge in [-0.2, -0.15) is 8.78 Å². The summed E-state index contributed by atoms with van der Waals surface area (Å²) < 4.78 is 28.9. The van der Waals surface area contributed by atoms with E-state index in [9.17, 15) is 8.78 Å². The molecule has 1 nitrogen and oxygen atoms in total. The van der Waals surface area contributed by atoms with E-state index in [0.717, 1.165) is 17.8 Å². The first kappa shape index (κ1) is 18.9. The van der Waals surface area contributed by atoms with Crippen LogP contribution in [0.5, 0.6) is 5.75 Å². The third-order valence-corrected chi connectivity index (χ3v) is 6.48. The van der Waals surface area contributed by atoms with Crippen LogP contribution in [0, 0.1) is 17.8 Å². The van der Waals surface area contributed by atoms with Crippen molar-refractivity contribution in [3.63, 3.8) is 0 Å². The first-order chi connectivity index (χ1) is 12.2. The minimum Gasteiger partial charge on any atom is -0.435 e. The van der Waals surface area contributed by atoms with Crippen molar-refractivity contribution in [1.82, 2.24) is 0 Å². The van der Waals surface area contributed by atoms with E-state index in [1.807, 2.05) is 17.1 Å². The van der Waals surface area contributed by atoms with Gasteiger partial charge in [-0.05, 0) is 97.7 Å². The quantitative estimate of drug-likeness (QED) is 0.493. The standard InChI is InChI=1S/C21H27BrF2O/c22-14-13-15-1-3-16(4-2-15)17-5-7-18(8-6-17)19-9-11-20(12-10-19)25-21(23)24/h9-18,21H,1-8H2. The van der Waals surface area contributed by atoms with Crippen LogP contribution in [0.15, 0.2) is 35.3 Å². The third kappa shape index (κ3) is 5.29. The molecule has 0 saturated heterocycles. The summed E-state index contributed by atoms with van der Waals surface area (Å²) in [5.41, 5.74) is 1.27. The van der Waals surface area contributed by atoms with Gasteiger partial charge in [0, 0.05) is 0 Å². The molecule has 0 atom stereocenters. The minimum atomic E-state index is -2.75. The van der Waals surface area contributed by atoms with Crippen molar-refractivity contribution in [2.45, 2.75) is 63.9 Å². The second-order valence-corrected chi connectivity index (χ2v) is 8.08. The van der Waals surface area contributed by atoms with E-state index >= 15 is 0 Å². The number of ether oxygens (including phenoxy) is 1. The number of alkyl halides is 2. The van der Waals surface area contributed by atoms with Crippen LogP contribution in [0.3, 0.4) is 0 Å². The Labute approximate surface area is 158 Å². The molecule has 1 aromatic carbocycles. The van der Waals surface area contributed by atoms with Crippen LogP contribution in [0.1, 0.15) is 62.8 Å². The average molecular weight is 413 g/mol. The van der Waals surface area contributed by atoms with Crippen LogP contribution in [0.2, 0.25) is 0 Å². The summed E-state index contributed by atoms with van der Waals surface area (Å²) in [6, 6.07) is 7.26. The Bertz CT molecular complexity index is 542. The Hall–Kier alpha value is -0.900. The number of hydrogen-bond acceptors (Lipinski definition) is 1. The van der Waals surface area contributed by atoms with Gasteiger partial charge in [0.15, 0.2) is 0 Å². The van der Waals surface area contributed by atoms with Crippen molar-refractivity contribution in [3.05, 3.63) is 40.9 Å². The fraction of sp³-hybridized carbons (Fsp3) is 0.619. The Kier molecular flexibility index (Phi) is 6.92. The zero-order chi connectivity index (χ0) is 17.6. The summed E-state index contributed by atoms with van der Waals surface area (Å²) in [6.07, 6.45) is 12.8. The molecule has 0 heterocycles. The lowest BCUT2D eigenvalue weighted by molar-refractivity contribution is -0.0498. The number of halogens is 3. The van der Waals surface area contributed by atoms with Crippen molar-refractivity contribution in [3.8, 4) is 5.75 Å². The molecule has 2 fully saturated rings. The highest BCUT2D eigenvalue weighted by Crippen LogP contribution is 2.44. The summed E-state index contributed by atoms with van der Waals surface area (Å²) in [5, 5.41) is 0. The molecule has 2 aliphatic carbocycles. The van der Waals surface area contributed by atoms with Gasteiger partial charge in [0.25, 0.3) is 0 Å². The molecule has 0 bridgehead atoms. The minimum absolute atomic E-state index is 0.252. The van der Waals surface area contributed by atoms with Crippen LogP contribution in [-0.4, -0.2) is 6.61 Å². The van der Waals surface area contributed by atoms with Crippen molar-refractivity contribution < 1.29 is 13.5 Å². The van der Waals surface area contributed by atoms with Gasteiger partial charge in [0.2, 0.25) is 0 Å². The molecule has 138 valence electrons. The lowest BCUT2D eigenvalue weighted by atomic mass is 9.68. The summed E-state index contributed by atoms with van der Waals surface area (Å²) in [6.45, 7) is -2.75. The lowest BCUT2D eigenvalue weighted by Crippen LogP contribution is -2.25. The highest BCUT2D eigenvalue weighted by Gasteiger charge is 2.30. The van der Waals surface area contributed by atoms with Crippen molar-refractivity contribution in [2.75, 3.05) is 0 Å². The zero-order valence-electron chi connectivity index (χ0n) is 14.5. The van der Waals surface area contributed by atoms with Gasteiger partial charge in [0.05, 0.1) is 0 Å². The van der Waals surface area contributed by atoms with Crippen molar-refractivity contribution in [2.24, 2.45) is 17.8 Å². The second-order valence-electron chi connectivity index (χ2n) is 7.55. The molecule has 0 amide bonds. The van der Waals surface area contributed by atoms with Crippen LogP contribution in [0.25, 0.3) is 0 Å². The maximum Gasteiger partial charge on any atom is 0.387 e. The lowest BCUT2D eigenvalue weighted by Gasteiger charge is -2.37. The van der Waals surface area contributed by atoms with E-state index in [4.69, 9.17) is 0 Å². The molecule has 0 unspecified atom stereocenters. The Morgan fingerprint density at radius 3 is 1.96 bits per heavy atom. The second kappa shape index (κ2) is 9.16. The molecule has 1 aromatic rings. The summed E-state index contributed by atoms with van der Waals surface area (Å²) in [7, 11) is 0. The van der Waals surface area contributed by atoms with E-state index in [-0.39, 0.29) is 5.75 Å². The highest BCUT2D eigenvalue weighted by atomic mass is 79.9. The maximum absolute atomic E-state index is 12.2. The van der Waals surface area contributed by atoms with E-state index in [2.05, 4.69) is 26.7 Å². The predicted octanol–water partition coefficient (Wildman–Crippen LogP) is 7.28. The van der Waals surface area contributed by atoms with Crippen LogP contribution < -0.4 is 4.74 Å². The topological polar surface area (TPSA) is 9.23 Å². The smallest absolute Gasteiger partial charge is 0.387 e. The SMILES string of the molecule is FC(F)Oc1ccc(C2CCC(C3CCC(C=CBr)CC3)CC2)cc1. The Balaban J connectivity index is 1.47. The van der Waals surface area contributed by atoms with E-state index in [0.29, 0.717) is 5.92 Å². The largest absolute Gasteiger partial charge is 0.435 e. The molecule has 2 saturated carbocycles. The van der Waals surface area contributed by atoms with E-state index < -0.39 is 6.61 Å². The van der Waals surface area contributed by atoms with Crippen LogP contribution >= 0.6 is 15.9 Å². The number of hydrogen-bond donors (Lipinski definition) is 0. The molecule has 0 aliphatic heterocycles. The Morgan fingerprint density at radius 1 is 0.880 bits per heavy atom. The summed E-state index contributed by atoms with van der Waals surface area (Å²) in [5.74, 6) is 3.38. The van der Waals surface area contributed by atoms with Crippen molar-refractivity contribution >= 4 is 15.9 Å². The molecule has 0 spiro atoms. The number of allylic oxidation sites excluding steroid dienone is 1. The van der Waals surface area contributed by atoms with Gasteiger partial charge in [0.1, 0.15) is 5.75 Å². The van der Waals surface area contributed by atoms with Crippen LogP contribution in [0.4, 0.5) is 8.78 Å². The Morgan fingerprint density at radius 2 is 1.44 bits per heavy atom. The maximum atomic E-state index is 12.2.